The topological polar surface area (TPSA) is 44.4 Å². The van der Waals surface area contributed by atoms with E-state index in [0.717, 1.165) is 32.0 Å². The van der Waals surface area contributed by atoms with Crippen molar-refractivity contribution >= 4 is 5.91 Å². The van der Waals surface area contributed by atoms with Crippen LogP contribution >= 0.6 is 0 Å². The molecule has 0 aromatic carbocycles. The van der Waals surface area contributed by atoms with E-state index in [-0.39, 0.29) is 11.9 Å². The van der Waals surface area contributed by atoms with Crippen molar-refractivity contribution in [2.75, 3.05) is 26.7 Å². The first kappa shape index (κ1) is 11.9. The van der Waals surface area contributed by atoms with E-state index < -0.39 is 0 Å². The molecule has 2 aliphatic rings. The molecule has 1 aliphatic heterocycles. The smallest absolute Gasteiger partial charge is 0.238 e. The van der Waals surface area contributed by atoms with Crippen molar-refractivity contribution in [1.29, 1.82) is 0 Å². The minimum absolute atomic E-state index is 0.0318. The third-order valence-electron chi connectivity index (χ3n) is 3.84. The number of hydrogen-bond donors (Lipinski definition) is 2. The van der Waals surface area contributed by atoms with Gasteiger partial charge in [-0.05, 0) is 25.2 Å². The molecule has 16 heavy (non-hydrogen) atoms. The third-order valence-corrected chi connectivity index (χ3v) is 3.84. The Morgan fingerprint density at radius 2 is 2.31 bits per heavy atom. The second kappa shape index (κ2) is 5.15. The minimum atomic E-state index is 0.0318. The lowest BCUT2D eigenvalue weighted by molar-refractivity contribution is -0.127. The lowest BCUT2D eigenvalue weighted by atomic mass is 10.0. The molecular formula is C12H23N3O. The maximum atomic E-state index is 11.8. The molecule has 2 rings (SSSR count). The van der Waals surface area contributed by atoms with Gasteiger partial charge < -0.3 is 10.6 Å². The highest BCUT2D eigenvalue weighted by molar-refractivity contribution is 5.81. The zero-order chi connectivity index (χ0) is 11.5. The SMILES string of the molecule is CCC(C1CC1)N1CCNCC1C(=O)NC. The molecule has 1 heterocycles. The molecular weight excluding hydrogens is 202 g/mol. The molecule has 0 aromatic rings. The van der Waals surface area contributed by atoms with Gasteiger partial charge in [-0.1, -0.05) is 6.92 Å². The van der Waals surface area contributed by atoms with Gasteiger partial charge in [-0.2, -0.15) is 0 Å². The monoisotopic (exact) mass is 225 g/mol. The summed E-state index contributed by atoms with van der Waals surface area (Å²) >= 11 is 0. The average molecular weight is 225 g/mol. The van der Waals surface area contributed by atoms with Crippen LogP contribution in [0, 0.1) is 5.92 Å². The molecule has 0 bridgehead atoms. The standard InChI is InChI=1S/C12H23N3O/c1-3-10(9-4-5-9)15-7-6-14-8-11(15)12(16)13-2/h9-11,14H,3-8H2,1-2H3,(H,13,16). The number of nitrogens with one attached hydrogen (secondary N) is 2. The van der Waals surface area contributed by atoms with Crippen LogP contribution in [0.3, 0.4) is 0 Å². The number of hydrogen-bond acceptors (Lipinski definition) is 3. The van der Waals surface area contributed by atoms with Crippen LogP contribution < -0.4 is 10.6 Å². The molecule has 92 valence electrons. The summed E-state index contributed by atoms with van der Waals surface area (Å²) in [6.07, 6.45) is 3.87. The van der Waals surface area contributed by atoms with Crippen molar-refractivity contribution in [1.82, 2.24) is 15.5 Å². The molecule has 4 nitrogen and oxygen atoms in total. The Balaban J connectivity index is 2.05. The van der Waals surface area contributed by atoms with Crippen LogP contribution in [0.4, 0.5) is 0 Å². The molecule has 1 aliphatic carbocycles. The van der Waals surface area contributed by atoms with Crippen molar-refractivity contribution in [3.05, 3.63) is 0 Å². The first-order valence-corrected chi connectivity index (χ1v) is 6.46. The number of nitrogens with zero attached hydrogens (tertiary/aromatic N) is 1. The minimum Gasteiger partial charge on any atom is -0.358 e. The molecule has 2 N–H and O–H groups in total. The van der Waals surface area contributed by atoms with Gasteiger partial charge in [0.2, 0.25) is 5.91 Å². The van der Waals surface area contributed by atoms with E-state index in [0.29, 0.717) is 6.04 Å². The van der Waals surface area contributed by atoms with Crippen molar-refractivity contribution in [3.63, 3.8) is 0 Å². The zero-order valence-corrected chi connectivity index (χ0v) is 10.3. The summed E-state index contributed by atoms with van der Waals surface area (Å²) in [7, 11) is 1.73. The largest absolute Gasteiger partial charge is 0.358 e. The summed E-state index contributed by atoms with van der Waals surface area (Å²) in [5, 5.41) is 6.10. The van der Waals surface area contributed by atoms with Gasteiger partial charge in [0.25, 0.3) is 0 Å². The number of carbonyl (C=O) groups is 1. The average Bonchev–Trinajstić information content (AvgIpc) is 3.14. The van der Waals surface area contributed by atoms with Crippen molar-refractivity contribution in [2.45, 2.75) is 38.3 Å². The Morgan fingerprint density at radius 1 is 1.56 bits per heavy atom. The second-order valence-corrected chi connectivity index (χ2v) is 4.89. The molecule has 4 heteroatoms. The number of rotatable bonds is 4. The number of amides is 1. The molecule has 0 aromatic heterocycles. The first-order chi connectivity index (χ1) is 7.77. The Labute approximate surface area is 97.8 Å². The Kier molecular flexibility index (Phi) is 3.82. The molecule has 0 spiro atoms. The van der Waals surface area contributed by atoms with Gasteiger partial charge in [-0.15, -0.1) is 0 Å². The van der Waals surface area contributed by atoms with Crippen LogP contribution in [0.1, 0.15) is 26.2 Å². The molecule has 0 radical (unpaired) electrons. The van der Waals surface area contributed by atoms with E-state index in [9.17, 15) is 4.79 Å². The lowest BCUT2D eigenvalue weighted by Gasteiger charge is -2.40. The van der Waals surface area contributed by atoms with E-state index >= 15 is 0 Å². The summed E-state index contributed by atoms with van der Waals surface area (Å²) in [6.45, 7) is 5.05. The van der Waals surface area contributed by atoms with Crippen LogP contribution in [0.15, 0.2) is 0 Å². The van der Waals surface area contributed by atoms with Gasteiger partial charge in [0.1, 0.15) is 6.04 Å². The molecule has 1 saturated carbocycles. The Hall–Kier alpha value is -0.610. The van der Waals surface area contributed by atoms with Crippen LogP contribution in [0.2, 0.25) is 0 Å². The number of likely N-dealkylation sites (N-methyl/N-ethyl adjacent to an activating group) is 1. The fraction of sp³-hybridized carbons (Fsp3) is 0.917. The quantitative estimate of drug-likeness (QED) is 0.718. The summed E-state index contributed by atoms with van der Waals surface area (Å²) in [6, 6.07) is 0.647. The fourth-order valence-corrected chi connectivity index (χ4v) is 2.85. The molecule has 2 unspecified atom stereocenters. The summed E-state index contributed by atoms with van der Waals surface area (Å²) in [4.78, 5) is 14.3. The third kappa shape index (κ3) is 2.38. The van der Waals surface area contributed by atoms with E-state index in [1.165, 1.54) is 12.8 Å². The fourth-order valence-electron chi connectivity index (χ4n) is 2.85. The molecule has 1 amide bonds. The first-order valence-electron chi connectivity index (χ1n) is 6.46. The van der Waals surface area contributed by atoms with Gasteiger partial charge in [0.15, 0.2) is 0 Å². The van der Waals surface area contributed by atoms with E-state index in [4.69, 9.17) is 0 Å². The highest BCUT2D eigenvalue weighted by Crippen LogP contribution is 2.37. The molecule has 1 saturated heterocycles. The predicted octanol–water partition coefficient (Wildman–Crippen LogP) is 0.195. The van der Waals surface area contributed by atoms with Crippen molar-refractivity contribution in [2.24, 2.45) is 5.92 Å². The van der Waals surface area contributed by atoms with Gasteiger partial charge in [-0.3, -0.25) is 9.69 Å². The van der Waals surface area contributed by atoms with E-state index in [2.05, 4.69) is 22.5 Å². The summed E-state index contributed by atoms with van der Waals surface area (Å²) in [5.41, 5.74) is 0. The zero-order valence-electron chi connectivity index (χ0n) is 10.3. The van der Waals surface area contributed by atoms with Crippen LogP contribution in [-0.4, -0.2) is 49.6 Å². The predicted molar refractivity (Wildman–Crippen MR) is 64.2 cm³/mol. The lowest BCUT2D eigenvalue weighted by Crippen LogP contribution is -2.60. The number of piperazine rings is 1. The van der Waals surface area contributed by atoms with Gasteiger partial charge in [0, 0.05) is 32.7 Å². The molecule has 2 atom stereocenters. The Bertz CT molecular complexity index is 253. The van der Waals surface area contributed by atoms with Crippen molar-refractivity contribution in [3.8, 4) is 0 Å². The summed E-state index contributed by atoms with van der Waals surface area (Å²) in [5.74, 6) is 1.00. The van der Waals surface area contributed by atoms with Crippen LogP contribution in [0.5, 0.6) is 0 Å². The van der Waals surface area contributed by atoms with Crippen molar-refractivity contribution < 1.29 is 4.79 Å². The van der Waals surface area contributed by atoms with Gasteiger partial charge in [0.05, 0.1) is 0 Å². The van der Waals surface area contributed by atoms with Crippen LogP contribution in [-0.2, 0) is 4.79 Å². The maximum absolute atomic E-state index is 11.8. The number of carbonyl (C=O) groups excluding carboxylic acids is 1. The van der Waals surface area contributed by atoms with E-state index in [1.54, 1.807) is 7.05 Å². The molecule has 2 fully saturated rings. The second-order valence-electron chi connectivity index (χ2n) is 4.89. The Morgan fingerprint density at radius 3 is 2.88 bits per heavy atom. The highest BCUT2D eigenvalue weighted by Gasteiger charge is 2.39. The van der Waals surface area contributed by atoms with Gasteiger partial charge >= 0.3 is 0 Å². The normalized spacial score (nSPS) is 28.8. The maximum Gasteiger partial charge on any atom is 0.238 e. The van der Waals surface area contributed by atoms with E-state index in [1.807, 2.05) is 0 Å². The van der Waals surface area contributed by atoms with Gasteiger partial charge in [-0.25, -0.2) is 0 Å². The van der Waals surface area contributed by atoms with Crippen LogP contribution in [0.25, 0.3) is 0 Å². The summed E-state index contributed by atoms with van der Waals surface area (Å²) < 4.78 is 0. The highest BCUT2D eigenvalue weighted by atomic mass is 16.2.